The second kappa shape index (κ2) is 7.32. The van der Waals surface area contributed by atoms with Gasteiger partial charge in [-0.3, -0.25) is 9.00 Å². The van der Waals surface area contributed by atoms with Crippen molar-refractivity contribution in [3.63, 3.8) is 0 Å². The number of hydrogen-bond acceptors (Lipinski definition) is 3. The number of hydrogen-bond donors (Lipinski definition) is 1. The Morgan fingerprint density at radius 1 is 1.12 bits per heavy atom. The molecule has 0 bridgehead atoms. The van der Waals surface area contributed by atoms with E-state index in [1.165, 1.54) is 4.31 Å². The molecule has 1 unspecified atom stereocenters. The molecule has 5 nitrogen and oxygen atoms in total. The molecular formula is C18H20NO4S-. The predicted octanol–water partition coefficient (Wildman–Crippen LogP) is 3.33. The highest BCUT2D eigenvalue weighted by molar-refractivity contribution is 7.80. The van der Waals surface area contributed by atoms with Crippen LogP contribution in [0, 0.1) is 11.8 Å². The van der Waals surface area contributed by atoms with E-state index < -0.39 is 17.2 Å². The SMILES string of the molecule is O=C(O)C1CCC(CN(c2cccc3ccccc23)S(=O)[O-])CC1. The van der Waals surface area contributed by atoms with Gasteiger partial charge in [-0.05, 0) is 43.1 Å². The molecule has 0 saturated heterocycles. The Bertz CT molecular complexity index is 750. The van der Waals surface area contributed by atoms with E-state index in [4.69, 9.17) is 5.11 Å². The minimum atomic E-state index is -2.36. The summed E-state index contributed by atoms with van der Waals surface area (Å²) in [6, 6.07) is 13.4. The van der Waals surface area contributed by atoms with Gasteiger partial charge in [-0.2, -0.15) is 0 Å². The lowest BCUT2D eigenvalue weighted by Gasteiger charge is -2.34. The van der Waals surface area contributed by atoms with Crippen molar-refractivity contribution in [1.29, 1.82) is 0 Å². The molecule has 0 radical (unpaired) electrons. The molecule has 0 aliphatic heterocycles. The molecular weight excluding hydrogens is 326 g/mol. The van der Waals surface area contributed by atoms with Crippen molar-refractivity contribution in [2.75, 3.05) is 10.8 Å². The van der Waals surface area contributed by atoms with Gasteiger partial charge in [0.1, 0.15) is 0 Å². The van der Waals surface area contributed by atoms with Crippen LogP contribution < -0.4 is 4.31 Å². The second-order valence-electron chi connectivity index (χ2n) is 6.33. The van der Waals surface area contributed by atoms with Gasteiger partial charge in [-0.15, -0.1) is 0 Å². The summed E-state index contributed by atoms with van der Waals surface area (Å²) in [6.45, 7) is 0.399. The van der Waals surface area contributed by atoms with Crippen molar-refractivity contribution in [1.82, 2.24) is 0 Å². The Hall–Kier alpha value is -1.92. The van der Waals surface area contributed by atoms with Crippen LogP contribution in [0.5, 0.6) is 0 Å². The number of anilines is 1. The van der Waals surface area contributed by atoms with Gasteiger partial charge < -0.3 is 14.0 Å². The number of carboxylic acid groups (broad SMARTS) is 1. The highest BCUT2D eigenvalue weighted by Crippen LogP contribution is 2.33. The van der Waals surface area contributed by atoms with Crippen LogP contribution in [0.3, 0.4) is 0 Å². The van der Waals surface area contributed by atoms with Crippen molar-refractivity contribution in [2.45, 2.75) is 25.7 Å². The quantitative estimate of drug-likeness (QED) is 0.842. The van der Waals surface area contributed by atoms with E-state index in [9.17, 15) is 13.6 Å². The van der Waals surface area contributed by atoms with Crippen LogP contribution in [-0.4, -0.2) is 26.4 Å². The zero-order chi connectivity index (χ0) is 17.1. The Morgan fingerprint density at radius 2 is 1.79 bits per heavy atom. The molecule has 2 aromatic carbocycles. The van der Waals surface area contributed by atoms with Gasteiger partial charge in [-0.25, -0.2) is 0 Å². The van der Waals surface area contributed by atoms with Gasteiger partial charge in [0.25, 0.3) is 0 Å². The van der Waals surface area contributed by atoms with Crippen LogP contribution >= 0.6 is 0 Å². The first kappa shape index (κ1) is 16.9. The second-order valence-corrected chi connectivity index (χ2v) is 7.21. The van der Waals surface area contributed by atoms with Gasteiger partial charge in [0.05, 0.1) is 11.6 Å². The largest absolute Gasteiger partial charge is 0.755 e. The number of fused-ring (bicyclic) bond motifs is 1. The summed E-state index contributed by atoms with van der Waals surface area (Å²) in [5.74, 6) is -0.839. The average molecular weight is 346 g/mol. The minimum Gasteiger partial charge on any atom is -0.755 e. The van der Waals surface area contributed by atoms with E-state index in [0.29, 0.717) is 25.1 Å². The normalized spacial score (nSPS) is 22.2. The minimum absolute atomic E-state index is 0.192. The molecule has 1 aliphatic rings. The molecule has 0 amide bonds. The highest BCUT2D eigenvalue weighted by atomic mass is 32.2. The third-order valence-corrected chi connectivity index (χ3v) is 5.54. The average Bonchev–Trinajstić information content (AvgIpc) is 2.59. The Morgan fingerprint density at radius 3 is 2.46 bits per heavy atom. The van der Waals surface area contributed by atoms with Crippen LogP contribution in [0.2, 0.25) is 0 Å². The molecule has 1 aliphatic carbocycles. The van der Waals surface area contributed by atoms with E-state index in [1.807, 2.05) is 42.5 Å². The van der Waals surface area contributed by atoms with Gasteiger partial charge in [-0.1, -0.05) is 36.4 Å². The molecule has 1 N–H and O–H groups in total. The summed E-state index contributed by atoms with van der Waals surface area (Å²) in [4.78, 5) is 11.1. The summed E-state index contributed by atoms with van der Waals surface area (Å²) < 4.78 is 25.1. The van der Waals surface area contributed by atoms with Crippen molar-refractivity contribution >= 4 is 33.7 Å². The number of nitrogens with zero attached hydrogens (tertiary/aromatic N) is 1. The van der Waals surface area contributed by atoms with E-state index in [0.717, 1.165) is 23.6 Å². The first-order chi connectivity index (χ1) is 11.6. The zero-order valence-electron chi connectivity index (χ0n) is 13.3. The number of benzene rings is 2. The summed E-state index contributed by atoms with van der Waals surface area (Å²) >= 11 is -2.36. The van der Waals surface area contributed by atoms with Gasteiger partial charge in [0, 0.05) is 23.2 Å². The predicted molar refractivity (Wildman–Crippen MR) is 93.3 cm³/mol. The maximum atomic E-state index is 11.8. The zero-order valence-corrected chi connectivity index (χ0v) is 14.1. The number of aliphatic carboxylic acids is 1. The van der Waals surface area contributed by atoms with Crippen LogP contribution in [0.15, 0.2) is 42.5 Å². The summed E-state index contributed by atoms with van der Waals surface area (Å²) in [5.41, 5.74) is 0.682. The van der Waals surface area contributed by atoms with Gasteiger partial charge >= 0.3 is 5.97 Å². The molecule has 1 atom stereocenters. The molecule has 0 heterocycles. The first-order valence-electron chi connectivity index (χ1n) is 8.13. The van der Waals surface area contributed by atoms with Gasteiger partial charge in [0.2, 0.25) is 0 Å². The number of carboxylic acids is 1. The fraction of sp³-hybridized carbons (Fsp3) is 0.389. The molecule has 1 fully saturated rings. The third kappa shape index (κ3) is 3.60. The van der Waals surface area contributed by atoms with Crippen LogP contribution in [0.25, 0.3) is 10.8 Å². The maximum Gasteiger partial charge on any atom is 0.306 e. The van der Waals surface area contributed by atoms with Crippen LogP contribution in [-0.2, 0) is 16.1 Å². The Labute approximate surface area is 143 Å². The number of carbonyl (C=O) groups is 1. The fourth-order valence-electron chi connectivity index (χ4n) is 3.49. The molecule has 2 aromatic rings. The molecule has 3 rings (SSSR count). The van der Waals surface area contributed by atoms with Crippen LogP contribution in [0.1, 0.15) is 25.7 Å². The van der Waals surface area contributed by atoms with E-state index >= 15 is 0 Å². The molecule has 0 aromatic heterocycles. The summed E-state index contributed by atoms with van der Waals surface area (Å²) in [5, 5.41) is 11.0. The van der Waals surface area contributed by atoms with Crippen molar-refractivity contribution in [2.24, 2.45) is 11.8 Å². The summed E-state index contributed by atoms with van der Waals surface area (Å²) in [6.07, 6.45) is 2.73. The third-order valence-electron chi connectivity index (χ3n) is 4.84. The maximum absolute atomic E-state index is 11.8. The van der Waals surface area contributed by atoms with Gasteiger partial charge in [0.15, 0.2) is 0 Å². The molecule has 1 saturated carbocycles. The van der Waals surface area contributed by atoms with E-state index in [-0.39, 0.29) is 11.8 Å². The Kier molecular flexibility index (Phi) is 5.16. The van der Waals surface area contributed by atoms with Crippen molar-refractivity contribution < 1.29 is 18.7 Å². The van der Waals surface area contributed by atoms with Crippen molar-refractivity contribution in [3.8, 4) is 0 Å². The topological polar surface area (TPSA) is 80.7 Å². The fourth-order valence-corrected chi connectivity index (χ4v) is 4.14. The smallest absolute Gasteiger partial charge is 0.306 e. The Balaban J connectivity index is 1.81. The lowest BCUT2D eigenvalue weighted by molar-refractivity contribution is -0.143. The van der Waals surface area contributed by atoms with Crippen molar-refractivity contribution in [3.05, 3.63) is 42.5 Å². The number of rotatable bonds is 5. The summed E-state index contributed by atoms with van der Waals surface area (Å²) in [7, 11) is 0. The molecule has 0 spiro atoms. The molecule has 128 valence electrons. The molecule has 6 heteroatoms. The lowest BCUT2D eigenvalue weighted by Crippen LogP contribution is -2.34. The van der Waals surface area contributed by atoms with E-state index in [1.54, 1.807) is 0 Å². The van der Waals surface area contributed by atoms with Crippen LogP contribution in [0.4, 0.5) is 5.69 Å². The highest BCUT2D eigenvalue weighted by Gasteiger charge is 2.27. The monoisotopic (exact) mass is 346 g/mol. The standard InChI is InChI=1S/C18H21NO4S/c20-18(21)15-10-8-13(9-11-15)12-19(24(22)23)17-7-3-5-14-4-1-2-6-16(14)17/h1-7,13,15H,8-12H2,(H,20,21)(H,22,23)/p-1. The lowest BCUT2D eigenvalue weighted by atomic mass is 9.82. The van der Waals surface area contributed by atoms with E-state index in [2.05, 4.69) is 0 Å². The first-order valence-corrected chi connectivity index (χ1v) is 9.17. The molecule has 24 heavy (non-hydrogen) atoms.